The Morgan fingerprint density at radius 3 is 2.71 bits per heavy atom. The Labute approximate surface area is 143 Å². The Balaban J connectivity index is 1.67. The average molecular weight is 314 g/mol. The average Bonchev–Trinajstić information content (AvgIpc) is 3.15. The third kappa shape index (κ3) is 2.73. The maximum absolute atomic E-state index is 4.89. The molecule has 0 amide bonds. The lowest BCUT2D eigenvalue weighted by Crippen LogP contribution is -2.01. The zero-order chi connectivity index (χ0) is 16.5. The number of nitrogens with zero attached hydrogens (tertiary/aromatic N) is 2. The summed E-state index contributed by atoms with van der Waals surface area (Å²) in [6, 6.07) is 14.8. The molecule has 1 aliphatic rings. The smallest absolute Gasteiger partial charge is 0.0702 e. The molecule has 2 heteroatoms. The summed E-state index contributed by atoms with van der Waals surface area (Å²) in [5.74, 6) is 0.651. The second-order valence-corrected chi connectivity index (χ2v) is 6.74. The Morgan fingerprint density at radius 1 is 1.08 bits per heavy atom. The van der Waals surface area contributed by atoms with Crippen molar-refractivity contribution in [2.75, 3.05) is 0 Å². The quantitative estimate of drug-likeness (QED) is 0.623. The number of aromatic nitrogens is 2. The Hall–Kier alpha value is -2.48. The van der Waals surface area contributed by atoms with E-state index in [2.05, 4.69) is 54.9 Å². The fourth-order valence-corrected chi connectivity index (χ4v) is 3.77. The van der Waals surface area contributed by atoms with Crippen LogP contribution in [0.15, 0.2) is 55.2 Å². The molecule has 1 aliphatic carbocycles. The van der Waals surface area contributed by atoms with Crippen molar-refractivity contribution in [1.82, 2.24) is 9.97 Å². The van der Waals surface area contributed by atoms with E-state index in [-0.39, 0.29) is 0 Å². The number of benzene rings is 1. The highest BCUT2D eigenvalue weighted by Gasteiger charge is 2.19. The van der Waals surface area contributed by atoms with Crippen molar-refractivity contribution in [1.29, 1.82) is 0 Å². The number of aryl methyl sites for hydroxylation is 1. The Bertz CT molecular complexity index is 905. The first-order chi connectivity index (χ1) is 11.7. The van der Waals surface area contributed by atoms with Crippen LogP contribution in [0.1, 0.15) is 54.1 Å². The summed E-state index contributed by atoms with van der Waals surface area (Å²) in [4.78, 5) is 9.28. The minimum absolute atomic E-state index is 0.651. The van der Waals surface area contributed by atoms with E-state index in [9.17, 15) is 0 Å². The van der Waals surface area contributed by atoms with Gasteiger partial charge in [0.2, 0.25) is 0 Å². The van der Waals surface area contributed by atoms with Crippen LogP contribution in [-0.4, -0.2) is 9.97 Å². The van der Waals surface area contributed by atoms with Crippen LogP contribution in [0.4, 0.5) is 0 Å². The molecule has 0 unspecified atom stereocenters. The SMILES string of the molecule is C=C(c1ccc2ncccc2c1)c1ccc(C2CCCC2)nc1C. The topological polar surface area (TPSA) is 25.8 Å². The minimum atomic E-state index is 0.651. The van der Waals surface area contributed by atoms with Gasteiger partial charge in [0.1, 0.15) is 0 Å². The maximum Gasteiger partial charge on any atom is 0.0702 e. The summed E-state index contributed by atoms with van der Waals surface area (Å²) >= 11 is 0. The van der Waals surface area contributed by atoms with Gasteiger partial charge in [-0.1, -0.05) is 37.6 Å². The van der Waals surface area contributed by atoms with Gasteiger partial charge in [0.05, 0.1) is 5.52 Å². The second kappa shape index (κ2) is 6.20. The van der Waals surface area contributed by atoms with Crippen LogP contribution in [0.2, 0.25) is 0 Å². The molecule has 0 aliphatic heterocycles. The molecule has 1 fully saturated rings. The highest BCUT2D eigenvalue weighted by molar-refractivity contribution is 5.87. The third-order valence-electron chi connectivity index (χ3n) is 5.16. The molecule has 0 saturated heterocycles. The van der Waals surface area contributed by atoms with Crippen molar-refractivity contribution in [3.63, 3.8) is 0 Å². The van der Waals surface area contributed by atoms with Gasteiger partial charge in [0, 0.05) is 34.5 Å². The van der Waals surface area contributed by atoms with Gasteiger partial charge >= 0.3 is 0 Å². The molecule has 0 bridgehead atoms. The molecule has 120 valence electrons. The van der Waals surface area contributed by atoms with Gasteiger partial charge in [0.15, 0.2) is 0 Å². The maximum atomic E-state index is 4.89. The number of pyridine rings is 2. The van der Waals surface area contributed by atoms with Gasteiger partial charge in [0.25, 0.3) is 0 Å². The van der Waals surface area contributed by atoms with E-state index in [1.54, 1.807) is 0 Å². The van der Waals surface area contributed by atoms with Crippen molar-refractivity contribution < 1.29 is 0 Å². The van der Waals surface area contributed by atoms with Gasteiger partial charge in [-0.05, 0) is 55.2 Å². The van der Waals surface area contributed by atoms with Crippen LogP contribution in [0.5, 0.6) is 0 Å². The van der Waals surface area contributed by atoms with E-state index in [1.165, 1.54) is 31.4 Å². The first-order valence-corrected chi connectivity index (χ1v) is 8.74. The second-order valence-electron chi connectivity index (χ2n) is 6.74. The van der Waals surface area contributed by atoms with Gasteiger partial charge in [-0.2, -0.15) is 0 Å². The van der Waals surface area contributed by atoms with E-state index in [0.29, 0.717) is 5.92 Å². The number of rotatable bonds is 3. The van der Waals surface area contributed by atoms with Crippen LogP contribution < -0.4 is 0 Å². The van der Waals surface area contributed by atoms with Crippen LogP contribution in [0.3, 0.4) is 0 Å². The molecule has 4 rings (SSSR count). The number of fused-ring (bicyclic) bond motifs is 1. The molecule has 24 heavy (non-hydrogen) atoms. The number of hydrogen-bond donors (Lipinski definition) is 0. The lowest BCUT2D eigenvalue weighted by Gasteiger charge is -2.14. The summed E-state index contributed by atoms with van der Waals surface area (Å²) in [6.45, 7) is 6.43. The summed E-state index contributed by atoms with van der Waals surface area (Å²) in [6.07, 6.45) is 7.07. The van der Waals surface area contributed by atoms with Crippen molar-refractivity contribution >= 4 is 16.5 Å². The molecule has 0 spiro atoms. The third-order valence-corrected chi connectivity index (χ3v) is 5.16. The summed E-state index contributed by atoms with van der Waals surface area (Å²) in [5, 5.41) is 1.14. The predicted octanol–water partition coefficient (Wildman–Crippen LogP) is 5.66. The molecule has 1 aromatic carbocycles. The van der Waals surface area contributed by atoms with Gasteiger partial charge in [-0.25, -0.2) is 0 Å². The van der Waals surface area contributed by atoms with Crippen LogP contribution >= 0.6 is 0 Å². The fourth-order valence-electron chi connectivity index (χ4n) is 3.77. The van der Waals surface area contributed by atoms with Crippen LogP contribution in [0.25, 0.3) is 16.5 Å². The van der Waals surface area contributed by atoms with E-state index in [0.717, 1.165) is 33.3 Å². The van der Waals surface area contributed by atoms with Crippen LogP contribution in [0, 0.1) is 6.92 Å². The fraction of sp³-hybridized carbons (Fsp3) is 0.273. The largest absolute Gasteiger partial charge is 0.257 e. The van der Waals surface area contributed by atoms with Gasteiger partial charge < -0.3 is 0 Å². The summed E-state index contributed by atoms with van der Waals surface area (Å²) < 4.78 is 0. The van der Waals surface area contributed by atoms with E-state index >= 15 is 0 Å². The van der Waals surface area contributed by atoms with Crippen molar-refractivity contribution in [2.24, 2.45) is 0 Å². The minimum Gasteiger partial charge on any atom is -0.257 e. The predicted molar refractivity (Wildman–Crippen MR) is 100 cm³/mol. The molecule has 2 aromatic heterocycles. The standard InChI is InChI=1S/C22H22N2/c1-15(18-9-11-21-19(14-18)8-5-13-23-21)20-10-12-22(24-16(20)2)17-6-3-4-7-17/h5,8-14,17H,1,3-4,6-7H2,2H3. The molecule has 1 saturated carbocycles. The first-order valence-electron chi connectivity index (χ1n) is 8.74. The molecule has 0 N–H and O–H groups in total. The van der Waals surface area contributed by atoms with E-state index < -0.39 is 0 Å². The molecule has 0 radical (unpaired) electrons. The summed E-state index contributed by atoms with van der Waals surface area (Å²) in [5.41, 5.74) is 6.65. The van der Waals surface area contributed by atoms with Crippen LogP contribution in [-0.2, 0) is 0 Å². The van der Waals surface area contributed by atoms with Gasteiger partial charge in [-0.15, -0.1) is 0 Å². The van der Waals surface area contributed by atoms with Crippen molar-refractivity contribution in [3.05, 3.63) is 77.8 Å². The number of hydrogen-bond acceptors (Lipinski definition) is 2. The Kier molecular flexibility index (Phi) is 3.89. The first kappa shape index (κ1) is 15.1. The van der Waals surface area contributed by atoms with Crippen molar-refractivity contribution in [3.8, 4) is 0 Å². The lowest BCUT2D eigenvalue weighted by molar-refractivity contribution is 0.694. The zero-order valence-electron chi connectivity index (χ0n) is 14.1. The molecule has 2 nitrogen and oxygen atoms in total. The highest BCUT2D eigenvalue weighted by atomic mass is 14.7. The van der Waals surface area contributed by atoms with Crippen molar-refractivity contribution in [2.45, 2.75) is 38.5 Å². The summed E-state index contributed by atoms with van der Waals surface area (Å²) in [7, 11) is 0. The van der Waals surface area contributed by atoms with Gasteiger partial charge in [-0.3, -0.25) is 9.97 Å². The zero-order valence-corrected chi connectivity index (χ0v) is 14.1. The molecular formula is C22H22N2. The molecule has 3 aromatic rings. The highest BCUT2D eigenvalue weighted by Crippen LogP contribution is 2.34. The lowest BCUT2D eigenvalue weighted by atomic mass is 9.95. The van der Waals surface area contributed by atoms with E-state index in [1.807, 2.05) is 12.3 Å². The molecule has 2 heterocycles. The molecule has 0 atom stereocenters. The normalized spacial score (nSPS) is 15.0. The molecular weight excluding hydrogens is 292 g/mol. The Morgan fingerprint density at radius 2 is 1.92 bits per heavy atom. The monoisotopic (exact) mass is 314 g/mol. The van der Waals surface area contributed by atoms with E-state index in [4.69, 9.17) is 4.98 Å².